The number of hydrogen-bond donors (Lipinski definition) is 1. The van der Waals surface area contributed by atoms with Gasteiger partial charge in [-0.3, -0.25) is 0 Å². The molecule has 4 nitrogen and oxygen atoms in total. The lowest BCUT2D eigenvalue weighted by molar-refractivity contribution is 0.265. The molecule has 0 bridgehead atoms. The van der Waals surface area contributed by atoms with Gasteiger partial charge in [-0.15, -0.1) is 0 Å². The summed E-state index contributed by atoms with van der Waals surface area (Å²) in [5.41, 5.74) is 0.952. The lowest BCUT2D eigenvalue weighted by Gasteiger charge is -2.15. The predicted octanol–water partition coefficient (Wildman–Crippen LogP) is 3.13. The normalized spacial score (nSPS) is 11.6. The quantitative estimate of drug-likeness (QED) is 0.823. The molecular formula is C15H27N3O. The second kappa shape index (κ2) is 7.43. The van der Waals surface area contributed by atoms with Crippen LogP contribution in [0.4, 0.5) is 0 Å². The van der Waals surface area contributed by atoms with Crippen LogP contribution in [0.15, 0.2) is 6.20 Å². The summed E-state index contributed by atoms with van der Waals surface area (Å²) in [5.74, 6) is 2.50. The fourth-order valence-electron chi connectivity index (χ4n) is 1.50. The van der Waals surface area contributed by atoms with E-state index in [-0.39, 0.29) is 0 Å². The van der Waals surface area contributed by atoms with Gasteiger partial charge < -0.3 is 10.1 Å². The molecule has 0 atom stereocenters. The molecule has 0 spiro atoms. The van der Waals surface area contributed by atoms with Crippen molar-refractivity contribution in [3.63, 3.8) is 0 Å². The Morgan fingerprint density at radius 3 is 2.37 bits per heavy atom. The van der Waals surface area contributed by atoms with Crippen molar-refractivity contribution in [3.8, 4) is 5.75 Å². The maximum absolute atomic E-state index is 5.80. The van der Waals surface area contributed by atoms with Crippen LogP contribution in [0.5, 0.6) is 5.75 Å². The Bertz CT molecular complexity index is 389. The molecule has 0 amide bonds. The van der Waals surface area contributed by atoms with Crippen molar-refractivity contribution in [2.75, 3.05) is 6.61 Å². The molecule has 0 saturated carbocycles. The summed E-state index contributed by atoms with van der Waals surface area (Å²) in [4.78, 5) is 9.00. The predicted molar refractivity (Wildman–Crippen MR) is 78.4 cm³/mol. The first-order valence-corrected chi connectivity index (χ1v) is 7.12. The Morgan fingerprint density at radius 2 is 1.84 bits per heavy atom. The van der Waals surface area contributed by atoms with Gasteiger partial charge in [0.05, 0.1) is 18.5 Å². The number of nitrogens with zero attached hydrogens (tertiary/aromatic N) is 2. The van der Waals surface area contributed by atoms with Crippen LogP contribution in [0, 0.1) is 5.92 Å². The largest absolute Gasteiger partial charge is 0.490 e. The third-order valence-electron chi connectivity index (χ3n) is 2.61. The van der Waals surface area contributed by atoms with E-state index >= 15 is 0 Å². The van der Waals surface area contributed by atoms with E-state index in [4.69, 9.17) is 4.74 Å². The number of ether oxygens (including phenoxy) is 1. The van der Waals surface area contributed by atoms with Crippen molar-refractivity contribution in [3.05, 3.63) is 17.7 Å². The lowest BCUT2D eigenvalue weighted by Crippen LogP contribution is -2.23. The molecule has 0 aliphatic heterocycles. The van der Waals surface area contributed by atoms with Crippen molar-refractivity contribution < 1.29 is 4.74 Å². The van der Waals surface area contributed by atoms with Gasteiger partial charge in [0.25, 0.3) is 0 Å². The summed E-state index contributed by atoms with van der Waals surface area (Å²) in [6.45, 7) is 14.1. The number of rotatable bonds is 7. The van der Waals surface area contributed by atoms with Crippen LogP contribution in [0.25, 0.3) is 0 Å². The van der Waals surface area contributed by atoms with E-state index in [9.17, 15) is 0 Å². The van der Waals surface area contributed by atoms with E-state index in [0.717, 1.165) is 17.3 Å². The molecular weight excluding hydrogens is 238 g/mol. The van der Waals surface area contributed by atoms with E-state index in [2.05, 4.69) is 56.8 Å². The van der Waals surface area contributed by atoms with Crippen LogP contribution in [-0.4, -0.2) is 22.6 Å². The zero-order valence-electron chi connectivity index (χ0n) is 13.0. The molecule has 1 aromatic heterocycles. The van der Waals surface area contributed by atoms with Gasteiger partial charge in [0.15, 0.2) is 5.75 Å². The maximum atomic E-state index is 5.80. The molecule has 19 heavy (non-hydrogen) atoms. The maximum Gasteiger partial charge on any atom is 0.160 e. The Kier molecular flexibility index (Phi) is 6.22. The van der Waals surface area contributed by atoms with Crippen LogP contribution in [0.1, 0.15) is 59.0 Å². The van der Waals surface area contributed by atoms with Crippen molar-refractivity contribution in [1.82, 2.24) is 15.3 Å². The van der Waals surface area contributed by atoms with Crippen LogP contribution in [0.2, 0.25) is 0 Å². The topological polar surface area (TPSA) is 47.0 Å². The summed E-state index contributed by atoms with van der Waals surface area (Å²) < 4.78 is 5.80. The molecule has 0 saturated heterocycles. The first kappa shape index (κ1) is 15.9. The summed E-state index contributed by atoms with van der Waals surface area (Å²) in [6, 6.07) is 0.426. The van der Waals surface area contributed by atoms with Crippen molar-refractivity contribution in [2.45, 2.75) is 60.0 Å². The smallest absolute Gasteiger partial charge is 0.160 e. The van der Waals surface area contributed by atoms with Gasteiger partial charge in [-0.05, 0) is 5.92 Å². The van der Waals surface area contributed by atoms with Crippen LogP contribution < -0.4 is 10.1 Å². The zero-order valence-corrected chi connectivity index (χ0v) is 13.0. The van der Waals surface area contributed by atoms with E-state index in [1.54, 1.807) is 0 Å². The highest BCUT2D eigenvalue weighted by Crippen LogP contribution is 2.19. The molecule has 0 aliphatic carbocycles. The van der Waals surface area contributed by atoms with Gasteiger partial charge in [-0.2, -0.15) is 0 Å². The fraction of sp³-hybridized carbons (Fsp3) is 0.733. The molecule has 0 aromatic carbocycles. The standard InChI is InChI=1S/C15H27N3O/c1-10(2)9-19-14-8-17-15(11(3)4)18-13(14)7-16-12(5)6/h8,10-12,16H,7,9H2,1-6H3. The second-order valence-corrected chi connectivity index (χ2v) is 5.93. The van der Waals surface area contributed by atoms with E-state index in [0.29, 0.717) is 31.0 Å². The van der Waals surface area contributed by atoms with Gasteiger partial charge in [-0.25, -0.2) is 9.97 Å². The summed E-state index contributed by atoms with van der Waals surface area (Å²) in [5, 5.41) is 3.39. The highest BCUT2D eigenvalue weighted by atomic mass is 16.5. The Labute approximate surface area is 117 Å². The molecule has 1 rings (SSSR count). The van der Waals surface area contributed by atoms with Crippen molar-refractivity contribution in [1.29, 1.82) is 0 Å². The van der Waals surface area contributed by atoms with E-state index in [1.807, 2.05) is 6.20 Å². The Balaban J connectivity index is 2.87. The van der Waals surface area contributed by atoms with Crippen molar-refractivity contribution in [2.24, 2.45) is 5.92 Å². The zero-order chi connectivity index (χ0) is 14.4. The molecule has 4 heteroatoms. The average Bonchev–Trinajstić information content (AvgIpc) is 2.33. The number of aromatic nitrogens is 2. The molecule has 1 heterocycles. The number of hydrogen-bond acceptors (Lipinski definition) is 4. The highest BCUT2D eigenvalue weighted by molar-refractivity contribution is 5.25. The molecule has 0 unspecified atom stereocenters. The highest BCUT2D eigenvalue weighted by Gasteiger charge is 2.11. The van der Waals surface area contributed by atoms with Gasteiger partial charge >= 0.3 is 0 Å². The second-order valence-electron chi connectivity index (χ2n) is 5.93. The molecule has 0 fully saturated rings. The number of nitrogens with one attached hydrogen (secondary N) is 1. The minimum Gasteiger partial charge on any atom is -0.490 e. The van der Waals surface area contributed by atoms with Crippen molar-refractivity contribution >= 4 is 0 Å². The van der Waals surface area contributed by atoms with Crippen LogP contribution >= 0.6 is 0 Å². The van der Waals surface area contributed by atoms with Gasteiger partial charge in [0.2, 0.25) is 0 Å². The third kappa shape index (κ3) is 5.55. The van der Waals surface area contributed by atoms with Crippen LogP contribution in [0.3, 0.4) is 0 Å². The minimum absolute atomic E-state index is 0.331. The molecule has 1 aromatic rings. The fourth-order valence-corrected chi connectivity index (χ4v) is 1.50. The first-order chi connectivity index (χ1) is 8.90. The first-order valence-electron chi connectivity index (χ1n) is 7.12. The van der Waals surface area contributed by atoms with Crippen LogP contribution in [-0.2, 0) is 6.54 Å². The molecule has 1 N–H and O–H groups in total. The van der Waals surface area contributed by atoms with Gasteiger partial charge in [0, 0.05) is 18.5 Å². The Morgan fingerprint density at radius 1 is 1.16 bits per heavy atom. The molecule has 108 valence electrons. The van der Waals surface area contributed by atoms with E-state index in [1.165, 1.54) is 0 Å². The third-order valence-corrected chi connectivity index (χ3v) is 2.61. The van der Waals surface area contributed by atoms with Gasteiger partial charge in [-0.1, -0.05) is 41.5 Å². The average molecular weight is 265 g/mol. The summed E-state index contributed by atoms with van der Waals surface area (Å²) in [7, 11) is 0. The van der Waals surface area contributed by atoms with Gasteiger partial charge in [0.1, 0.15) is 5.82 Å². The van der Waals surface area contributed by atoms with E-state index < -0.39 is 0 Å². The lowest BCUT2D eigenvalue weighted by atomic mass is 10.2. The molecule has 0 aliphatic rings. The molecule has 0 radical (unpaired) electrons. The summed E-state index contributed by atoms with van der Waals surface area (Å²) in [6.07, 6.45) is 1.81. The SMILES string of the molecule is CC(C)COc1cnc(C(C)C)nc1CNC(C)C. The minimum atomic E-state index is 0.331. The monoisotopic (exact) mass is 265 g/mol. The Hall–Kier alpha value is -1.16. The summed E-state index contributed by atoms with van der Waals surface area (Å²) >= 11 is 0.